The number of imidazole rings is 1. The van der Waals surface area contributed by atoms with E-state index in [0.29, 0.717) is 18.8 Å². The number of rotatable bonds is 9. The zero-order valence-corrected chi connectivity index (χ0v) is 19.6. The van der Waals surface area contributed by atoms with E-state index in [4.69, 9.17) is 21.3 Å². The highest BCUT2D eigenvalue weighted by molar-refractivity contribution is 6.32. The number of pyridine rings is 1. The molecule has 0 bridgehead atoms. The van der Waals surface area contributed by atoms with E-state index >= 15 is 0 Å². The van der Waals surface area contributed by atoms with Crippen molar-refractivity contribution in [2.45, 2.75) is 39.8 Å². The van der Waals surface area contributed by atoms with Crippen LogP contribution in [0, 0.1) is 13.8 Å². The van der Waals surface area contributed by atoms with Gasteiger partial charge < -0.3 is 14.6 Å². The molecule has 7 heteroatoms. The highest BCUT2D eigenvalue weighted by Crippen LogP contribution is 2.26. The quantitative estimate of drug-likeness (QED) is 0.334. The number of carbonyl (C=O) groups is 1. The van der Waals surface area contributed by atoms with E-state index < -0.39 is 0 Å². The summed E-state index contributed by atoms with van der Waals surface area (Å²) in [6, 6.07) is 17.3. The Bertz CT molecular complexity index is 1230. The Morgan fingerprint density at radius 1 is 1.06 bits per heavy atom. The van der Waals surface area contributed by atoms with E-state index in [1.807, 2.05) is 44.2 Å². The van der Waals surface area contributed by atoms with Gasteiger partial charge in [-0.2, -0.15) is 0 Å². The molecule has 0 unspecified atom stereocenters. The van der Waals surface area contributed by atoms with Gasteiger partial charge in [0.2, 0.25) is 0 Å². The zero-order valence-electron chi connectivity index (χ0n) is 18.8. The number of hydrogen-bond acceptors (Lipinski definition) is 4. The first kappa shape index (κ1) is 22.8. The Balaban J connectivity index is 1.37. The van der Waals surface area contributed by atoms with E-state index in [-0.39, 0.29) is 5.91 Å². The second-order valence-electron chi connectivity index (χ2n) is 7.99. The first-order valence-corrected chi connectivity index (χ1v) is 11.4. The topological polar surface area (TPSA) is 69.0 Å². The number of hydrogen-bond donors (Lipinski definition) is 1. The van der Waals surface area contributed by atoms with Gasteiger partial charge >= 0.3 is 0 Å². The van der Waals surface area contributed by atoms with Crippen LogP contribution in [0.3, 0.4) is 0 Å². The molecule has 0 atom stereocenters. The molecule has 0 aliphatic heterocycles. The summed E-state index contributed by atoms with van der Waals surface area (Å²) in [5.41, 5.74) is 4.42. The van der Waals surface area contributed by atoms with Crippen LogP contribution in [-0.4, -0.2) is 27.0 Å². The average Bonchev–Trinajstić information content (AvgIpc) is 3.18. The number of nitrogens with zero attached hydrogens (tertiary/aromatic N) is 3. The molecular formula is C26H27ClN4O2. The van der Waals surface area contributed by atoms with Gasteiger partial charge in [0.1, 0.15) is 17.3 Å². The maximum absolute atomic E-state index is 12.4. The molecule has 6 nitrogen and oxygen atoms in total. The van der Waals surface area contributed by atoms with Crippen LogP contribution in [0.2, 0.25) is 5.02 Å². The summed E-state index contributed by atoms with van der Waals surface area (Å²) in [6.45, 7) is 5.72. The van der Waals surface area contributed by atoms with Crippen molar-refractivity contribution >= 4 is 28.5 Å². The van der Waals surface area contributed by atoms with Gasteiger partial charge in [0.15, 0.2) is 0 Å². The van der Waals surface area contributed by atoms with Crippen molar-refractivity contribution in [2.24, 2.45) is 0 Å². The van der Waals surface area contributed by atoms with Crippen molar-refractivity contribution in [1.82, 2.24) is 19.9 Å². The number of ether oxygens (including phenoxy) is 1. The van der Waals surface area contributed by atoms with Gasteiger partial charge in [-0.3, -0.25) is 9.78 Å². The molecule has 0 saturated carbocycles. The molecule has 0 aliphatic carbocycles. The number of amides is 1. The fourth-order valence-corrected chi connectivity index (χ4v) is 3.92. The standard InChI is InChI=1S/C26H27ClN4O2/c1-18-15-20(16-19(2)25(18)27)33-14-8-7-13-31-23-11-4-3-9-21(23)30-24(31)17-29-26(32)22-10-5-6-12-28-22/h3-6,9-12,15-16H,7-8,13-14,17H2,1-2H3,(H,29,32). The Kier molecular flexibility index (Phi) is 7.25. The summed E-state index contributed by atoms with van der Waals surface area (Å²) < 4.78 is 8.11. The van der Waals surface area contributed by atoms with Crippen LogP contribution in [0.25, 0.3) is 11.0 Å². The number of benzene rings is 2. The van der Waals surface area contributed by atoms with Gasteiger partial charge in [0, 0.05) is 17.8 Å². The molecule has 4 aromatic rings. The number of unbranched alkanes of at least 4 members (excludes halogenated alkanes) is 1. The third-order valence-electron chi connectivity index (χ3n) is 5.49. The monoisotopic (exact) mass is 462 g/mol. The van der Waals surface area contributed by atoms with Crippen molar-refractivity contribution in [3.8, 4) is 5.75 Å². The number of halogens is 1. The van der Waals surface area contributed by atoms with E-state index in [1.54, 1.807) is 24.4 Å². The maximum atomic E-state index is 12.4. The minimum Gasteiger partial charge on any atom is -0.494 e. The number of carbonyl (C=O) groups excluding carboxylic acids is 1. The smallest absolute Gasteiger partial charge is 0.270 e. The lowest BCUT2D eigenvalue weighted by molar-refractivity contribution is 0.0944. The first-order chi connectivity index (χ1) is 16.0. The molecule has 0 saturated heterocycles. The number of fused-ring (bicyclic) bond motifs is 1. The Morgan fingerprint density at radius 3 is 2.58 bits per heavy atom. The molecule has 0 aliphatic rings. The lowest BCUT2D eigenvalue weighted by atomic mass is 10.1. The van der Waals surface area contributed by atoms with Crippen LogP contribution in [0.1, 0.15) is 40.3 Å². The first-order valence-electron chi connectivity index (χ1n) is 11.1. The molecular weight excluding hydrogens is 436 g/mol. The predicted octanol–water partition coefficient (Wildman–Crippen LogP) is 5.49. The summed E-state index contributed by atoms with van der Waals surface area (Å²) in [7, 11) is 0. The van der Waals surface area contributed by atoms with Gasteiger partial charge in [0.05, 0.1) is 24.2 Å². The highest BCUT2D eigenvalue weighted by atomic mass is 35.5. The Labute approximate surface area is 198 Å². The van der Waals surface area contributed by atoms with Crippen LogP contribution in [0.5, 0.6) is 5.75 Å². The third kappa shape index (κ3) is 5.52. The minimum absolute atomic E-state index is 0.212. The molecule has 0 spiro atoms. The third-order valence-corrected chi connectivity index (χ3v) is 6.09. The van der Waals surface area contributed by atoms with Gasteiger partial charge in [-0.1, -0.05) is 29.8 Å². The average molecular weight is 463 g/mol. The minimum atomic E-state index is -0.212. The zero-order chi connectivity index (χ0) is 23.2. The van der Waals surface area contributed by atoms with E-state index in [1.165, 1.54) is 0 Å². The lowest BCUT2D eigenvalue weighted by Crippen LogP contribution is -2.25. The Hall–Kier alpha value is -3.38. The van der Waals surface area contributed by atoms with Crippen LogP contribution < -0.4 is 10.1 Å². The van der Waals surface area contributed by atoms with Gasteiger partial charge in [-0.25, -0.2) is 4.98 Å². The summed E-state index contributed by atoms with van der Waals surface area (Å²) in [5.74, 6) is 1.46. The number of aromatic nitrogens is 3. The fourth-order valence-electron chi connectivity index (χ4n) is 3.81. The molecule has 0 fully saturated rings. The number of aryl methyl sites for hydroxylation is 3. The number of nitrogens with one attached hydrogen (secondary N) is 1. The second-order valence-corrected chi connectivity index (χ2v) is 8.37. The van der Waals surface area contributed by atoms with Crippen LogP contribution in [0.15, 0.2) is 60.8 Å². The lowest BCUT2D eigenvalue weighted by Gasteiger charge is -2.12. The molecule has 2 aromatic carbocycles. The van der Waals surface area contributed by atoms with Gasteiger partial charge in [-0.15, -0.1) is 0 Å². The summed E-state index contributed by atoms with van der Waals surface area (Å²) in [4.78, 5) is 21.3. The molecule has 33 heavy (non-hydrogen) atoms. The molecule has 2 aromatic heterocycles. The summed E-state index contributed by atoms with van der Waals surface area (Å²) >= 11 is 6.24. The Morgan fingerprint density at radius 2 is 1.82 bits per heavy atom. The van der Waals surface area contributed by atoms with Crippen molar-refractivity contribution in [3.05, 3.63) is 88.5 Å². The molecule has 0 radical (unpaired) electrons. The van der Waals surface area contributed by atoms with E-state index in [2.05, 4.69) is 20.9 Å². The fraction of sp³-hybridized carbons (Fsp3) is 0.269. The van der Waals surface area contributed by atoms with Crippen molar-refractivity contribution in [2.75, 3.05) is 6.61 Å². The summed E-state index contributed by atoms with van der Waals surface area (Å²) in [6.07, 6.45) is 3.43. The van der Waals surface area contributed by atoms with Crippen LogP contribution in [0.4, 0.5) is 0 Å². The maximum Gasteiger partial charge on any atom is 0.270 e. The molecule has 1 amide bonds. The normalized spacial score (nSPS) is 11.0. The largest absolute Gasteiger partial charge is 0.494 e. The highest BCUT2D eigenvalue weighted by Gasteiger charge is 2.13. The van der Waals surface area contributed by atoms with Crippen molar-refractivity contribution in [3.63, 3.8) is 0 Å². The van der Waals surface area contributed by atoms with Gasteiger partial charge in [-0.05, 0) is 74.2 Å². The molecule has 1 N–H and O–H groups in total. The molecule has 4 rings (SSSR count). The number of para-hydroxylation sites is 2. The van der Waals surface area contributed by atoms with Crippen LogP contribution in [-0.2, 0) is 13.1 Å². The van der Waals surface area contributed by atoms with Gasteiger partial charge in [0.25, 0.3) is 5.91 Å². The van der Waals surface area contributed by atoms with Crippen molar-refractivity contribution < 1.29 is 9.53 Å². The molecule has 2 heterocycles. The van der Waals surface area contributed by atoms with E-state index in [9.17, 15) is 4.79 Å². The van der Waals surface area contributed by atoms with Crippen molar-refractivity contribution in [1.29, 1.82) is 0 Å². The molecule has 170 valence electrons. The predicted molar refractivity (Wildman–Crippen MR) is 131 cm³/mol. The second kappa shape index (κ2) is 10.5. The SMILES string of the molecule is Cc1cc(OCCCCn2c(CNC(=O)c3ccccn3)nc3ccccc32)cc(C)c1Cl. The summed E-state index contributed by atoms with van der Waals surface area (Å²) in [5, 5.41) is 3.72. The van der Waals surface area contributed by atoms with E-state index in [0.717, 1.165) is 58.1 Å². The van der Waals surface area contributed by atoms with Crippen LogP contribution >= 0.6 is 11.6 Å².